The van der Waals surface area contributed by atoms with Crippen molar-refractivity contribution in [2.24, 2.45) is 11.5 Å². The van der Waals surface area contributed by atoms with Crippen molar-refractivity contribution >= 4 is 28.3 Å². The molecule has 0 aliphatic heterocycles. The minimum absolute atomic E-state index is 0. The summed E-state index contributed by atoms with van der Waals surface area (Å²) in [7, 11) is 0. The molecule has 0 aliphatic rings. The van der Waals surface area contributed by atoms with Crippen LogP contribution >= 0.6 is 28.3 Å². The Morgan fingerprint density at radius 2 is 2.12 bits per heavy atom. The lowest BCUT2D eigenvalue weighted by molar-refractivity contribution is 0.333. The van der Waals surface area contributed by atoms with Crippen LogP contribution in [-0.4, -0.2) is 13.2 Å². The maximum atomic E-state index is 6.12. The summed E-state index contributed by atoms with van der Waals surface area (Å²) >= 11 is 3.45. The highest BCUT2D eigenvalue weighted by Crippen LogP contribution is 2.29. The topological polar surface area (TPSA) is 61.3 Å². The highest BCUT2D eigenvalue weighted by molar-refractivity contribution is 9.10. The van der Waals surface area contributed by atoms with E-state index in [1.807, 2.05) is 25.1 Å². The fourth-order valence-electron chi connectivity index (χ4n) is 1.59. The van der Waals surface area contributed by atoms with Crippen LogP contribution in [0.25, 0.3) is 0 Å². The maximum absolute atomic E-state index is 6.12. The quantitative estimate of drug-likeness (QED) is 0.846. The van der Waals surface area contributed by atoms with Gasteiger partial charge in [0.15, 0.2) is 0 Å². The van der Waals surface area contributed by atoms with Gasteiger partial charge in [-0.25, -0.2) is 0 Å². The lowest BCUT2D eigenvalue weighted by Gasteiger charge is -2.16. The van der Waals surface area contributed by atoms with Crippen LogP contribution in [0.2, 0.25) is 0 Å². The molecule has 0 spiro atoms. The summed E-state index contributed by atoms with van der Waals surface area (Å²) in [6.07, 6.45) is 1.81. The minimum Gasteiger partial charge on any atom is -0.494 e. The molecular weight excluding hydrogens is 304 g/mol. The summed E-state index contributed by atoms with van der Waals surface area (Å²) in [5, 5.41) is 0. The van der Waals surface area contributed by atoms with Gasteiger partial charge in [0.05, 0.1) is 6.61 Å². The summed E-state index contributed by atoms with van der Waals surface area (Å²) in [5.41, 5.74) is 12.7. The molecule has 0 bridgehead atoms. The Morgan fingerprint density at radius 3 is 2.71 bits per heavy atom. The van der Waals surface area contributed by atoms with Crippen LogP contribution in [-0.2, 0) is 0 Å². The Morgan fingerprint density at radius 1 is 1.41 bits per heavy atom. The molecular formula is C12H20BrClN2O. The van der Waals surface area contributed by atoms with Crippen molar-refractivity contribution in [1.29, 1.82) is 0 Å². The number of ether oxygens (including phenoxy) is 1. The Kier molecular flexibility index (Phi) is 8.60. The van der Waals surface area contributed by atoms with E-state index in [4.69, 9.17) is 16.2 Å². The monoisotopic (exact) mass is 322 g/mol. The molecule has 0 fully saturated rings. The fraction of sp³-hybridized carbons (Fsp3) is 0.500. The van der Waals surface area contributed by atoms with Crippen molar-refractivity contribution in [2.75, 3.05) is 13.2 Å². The summed E-state index contributed by atoms with van der Waals surface area (Å²) < 4.78 is 6.58. The third-order valence-corrected chi connectivity index (χ3v) is 2.88. The van der Waals surface area contributed by atoms with E-state index in [1.165, 1.54) is 0 Å². The Balaban J connectivity index is 0.00000256. The van der Waals surface area contributed by atoms with Crippen LogP contribution in [0.5, 0.6) is 5.75 Å². The molecule has 1 atom stereocenters. The molecule has 0 heterocycles. The first-order chi connectivity index (χ1) is 7.69. The maximum Gasteiger partial charge on any atom is 0.124 e. The summed E-state index contributed by atoms with van der Waals surface area (Å²) in [5.74, 6) is 0.871. The summed E-state index contributed by atoms with van der Waals surface area (Å²) in [6, 6.07) is 5.92. The second-order valence-electron chi connectivity index (χ2n) is 3.65. The van der Waals surface area contributed by atoms with Gasteiger partial charge in [-0.05, 0) is 44.5 Å². The van der Waals surface area contributed by atoms with Crippen LogP contribution in [0.4, 0.5) is 0 Å². The van der Waals surface area contributed by atoms with Gasteiger partial charge in [0.25, 0.3) is 0 Å². The van der Waals surface area contributed by atoms with Crippen LogP contribution in [0.1, 0.15) is 31.4 Å². The number of benzene rings is 1. The van der Waals surface area contributed by atoms with Crippen molar-refractivity contribution in [2.45, 2.75) is 25.8 Å². The molecule has 0 radical (unpaired) electrons. The lowest BCUT2D eigenvalue weighted by atomic mass is 10.0. The van der Waals surface area contributed by atoms with Gasteiger partial charge in [-0.2, -0.15) is 0 Å². The SMILES string of the molecule is CCOc1ccc(Br)cc1[C@H](N)CCCN.Cl. The van der Waals surface area contributed by atoms with E-state index in [1.54, 1.807) is 0 Å². The second-order valence-corrected chi connectivity index (χ2v) is 4.57. The van der Waals surface area contributed by atoms with E-state index in [0.29, 0.717) is 13.2 Å². The van der Waals surface area contributed by atoms with Crippen LogP contribution in [0.3, 0.4) is 0 Å². The van der Waals surface area contributed by atoms with Crippen molar-refractivity contribution in [3.05, 3.63) is 28.2 Å². The number of nitrogens with two attached hydrogens (primary N) is 2. The molecule has 98 valence electrons. The van der Waals surface area contributed by atoms with E-state index in [0.717, 1.165) is 28.6 Å². The lowest BCUT2D eigenvalue weighted by Crippen LogP contribution is -2.14. The van der Waals surface area contributed by atoms with Gasteiger partial charge in [0, 0.05) is 16.1 Å². The van der Waals surface area contributed by atoms with Gasteiger partial charge in [-0.1, -0.05) is 15.9 Å². The Labute approximate surface area is 117 Å². The van der Waals surface area contributed by atoms with Gasteiger partial charge in [-0.3, -0.25) is 0 Å². The first-order valence-electron chi connectivity index (χ1n) is 5.57. The van der Waals surface area contributed by atoms with Gasteiger partial charge < -0.3 is 16.2 Å². The van der Waals surface area contributed by atoms with Crippen molar-refractivity contribution < 1.29 is 4.74 Å². The van der Waals surface area contributed by atoms with Crippen molar-refractivity contribution in [1.82, 2.24) is 0 Å². The van der Waals surface area contributed by atoms with Gasteiger partial charge in [0.2, 0.25) is 0 Å². The minimum atomic E-state index is -0.0115. The predicted octanol–water partition coefficient (Wildman–Crippen LogP) is 3.01. The number of rotatable bonds is 6. The Hall–Kier alpha value is -0.290. The van der Waals surface area contributed by atoms with Crippen LogP contribution < -0.4 is 16.2 Å². The molecule has 1 aromatic carbocycles. The molecule has 1 rings (SSSR count). The molecule has 4 N–H and O–H groups in total. The van der Waals surface area contributed by atoms with Crippen LogP contribution in [0, 0.1) is 0 Å². The zero-order valence-corrected chi connectivity index (χ0v) is 12.4. The van der Waals surface area contributed by atoms with Crippen LogP contribution in [0.15, 0.2) is 22.7 Å². The number of hydrogen-bond acceptors (Lipinski definition) is 3. The molecule has 0 saturated heterocycles. The third-order valence-electron chi connectivity index (χ3n) is 2.39. The number of hydrogen-bond donors (Lipinski definition) is 2. The van der Waals surface area contributed by atoms with E-state index >= 15 is 0 Å². The summed E-state index contributed by atoms with van der Waals surface area (Å²) in [4.78, 5) is 0. The average Bonchev–Trinajstić information content (AvgIpc) is 2.28. The number of halogens is 2. The molecule has 17 heavy (non-hydrogen) atoms. The molecule has 5 heteroatoms. The average molecular weight is 324 g/mol. The zero-order chi connectivity index (χ0) is 12.0. The molecule has 0 amide bonds. The molecule has 0 aliphatic carbocycles. The Bertz CT molecular complexity index is 336. The van der Waals surface area contributed by atoms with Crippen molar-refractivity contribution in [3.63, 3.8) is 0 Å². The predicted molar refractivity (Wildman–Crippen MR) is 77.8 cm³/mol. The summed E-state index contributed by atoms with van der Waals surface area (Å²) in [6.45, 7) is 3.29. The highest BCUT2D eigenvalue weighted by Gasteiger charge is 2.12. The molecule has 1 aromatic rings. The van der Waals surface area contributed by atoms with Gasteiger partial charge >= 0.3 is 0 Å². The standard InChI is InChI=1S/C12H19BrN2O.ClH/c1-2-16-12-6-5-9(13)8-10(12)11(15)4-3-7-14;/h5-6,8,11H,2-4,7,14-15H2,1H3;1H/t11-;/m1./s1. The van der Waals surface area contributed by atoms with Gasteiger partial charge in [-0.15, -0.1) is 12.4 Å². The van der Waals surface area contributed by atoms with E-state index in [2.05, 4.69) is 15.9 Å². The smallest absolute Gasteiger partial charge is 0.124 e. The zero-order valence-electron chi connectivity index (χ0n) is 9.99. The molecule has 0 saturated carbocycles. The third kappa shape index (κ3) is 5.25. The molecule has 0 unspecified atom stereocenters. The molecule has 0 aromatic heterocycles. The van der Waals surface area contributed by atoms with E-state index in [-0.39, 0.29) is 18.4 Å². The first-order valence-corrected chi connectivity index (χ1v) is 6.36. The van der Waals surface area contributed by atoms with Crippen molar-refractivity contribution in [3.8, 4) is 5.75 Å². The normalized spacial score (nSPS) is 11.8. The highest BCUT2D eigenvalue weighted by atomic mass is 79.9. The first kappa shape index (κ1) is 16.7. The van der Waals surface area contributed by atoms with Gasteiger partial charge in [0.1, 0.15) is 5.75 Å². The fourth-order valence-corrected chi connectivity index (χ4v) is 1.97. The largest absolute Gasteiger partial charge is 0.494 e. The van der Waals surface area contributed by atoms with E-state index < -0.39 is 0 Å². The second kappa shape index (κ2) is 8.75. The van der Waals surface area contributed by atoms with E-state index in [9.17, 15) is 0 Å². The molecule has 3 nitrogen and oxygen atoms in total.